The summed E-state index contributed by atoms with van der Waals surface area (Å²) in [5, 5.41) is 0. The summed E-state index contributed by atoms with van der Waals surface area (Å²) in [6, 6.07) is 1.88. The van der Waals surface area contributed by atoms with Gasteiger partial charge in [-0.2, -0.15) is 0 Å². The minimum Gasteiger partial charge on any atom is -0.480 e. The standard InChI is InChI=1S/C13H16N2O2/c1-4-10-7-11(16)15(8-10)12-9(2)5-6-14-13(12)17-3/h4-6,10H,1,7-8H2,2-3H3. The van der Waals surface area contributed by atoms with E-state index in [0.29, 0.717) is 18.8 Å². The highest BCUT2D eigenvalue weighted by atomic mass is 16.5. The summed E-state index contributed by atoms with van der Waals surface area (Å²) in [5.74, 6) is 0.819. The lowest BCUT2D eigenvalue weighted by Gasteiger charge is -2.20. The van der Waals surface area contributed by atoms with E-state index in [9.17, 15) is 4.79 Å². The molecular weight excluding hydrogens is 216 g/mol. The quantitative estimate of drug-likeness (QED) is 0.748. The lowest BCUT2D eigenvalue weighted by atomic mass is 10.1. The van der Waals surface area contributed by atoms with Crippen molar-refractivity contribution >= 4 is 11.6 Å². The topological polar surface area (TPSA) is 42.4 Å². The molecule has 1 aromatic heterocycles. The maximum Gasteiger partial charge on any atom is 0.237 e. The first-order valence-corrected chi connectivity index (χ1v) is 5.60. The third kappa shape index (κ3) is 2.02. The molecule has 1 amide bonds. The van der Waals surface area contributed by atoms with Crippen LogP contribution in [0.4, 0.5) is 5.69 Å². The van der Waals surface area contributed by atoms with E-state index in [1.165, 1.54) is 0 Å². The molecule has 1 aliphatic heterocycles. The summed E-state index contributed by atoms with van der Waals surface area (Å²) in [5.41, 5.74) is 1.78. The smallest absolute Gasteiger partial charge is 0.237 e. The zero-order valence-corrected chi connectivity index (χ0v) is 10.1. The molecule has 4 nitrogen and oxygen atoms in total. The van der Waals surface area contributed by atoms with Gasteiger partial charge >= 0.3 is 0 Å². The van der Waals surface area contributed by atoms with Gasteiger partial charge in [0.1, 0.15) is 5.69 Å². The zero-order valence-electron chi connectivity index (χ0n) is 10.1. The van der Waals surface area contributed by atoms with Crippen molar-refractivity contribution in [3.05, 3.63) is 30.5 Å². The first-order chi connectivity index (χ1) is 8.17. The Balaban J connectivity index is 2.40. The van der Waals surface area contributed by atoms with Gasteiger partial charge in [0, 0.05) is 25.1 Å². The largest absolute Gasteiger partial charge is 0.480 e. The number of carbonyl (C=O) groups is 1. The molecule has 0 bridgehead atoms. The number of aromatic nitrogens is 1. The van der Waals surface area contributed by atoms with Gasteiger partial charge in [0.25, 0.3) is 0 Å². The minimum atomic E-state index is 0.101. The van der Waals surface area contributed by atoms with Crippen molar-refractivity contribution < 1.29 is 9.53 Å². The number of amides is 1. The van der Waals surface area contributed by atoms with Gasteiger partial charge in [-0.3, -0.25) is 4.79 Å². The third-order valence-electron chi connectivity index (χ3n) is 3.04. The molecule has 1 fully saturated rings. The molecule has 0 spiro atoms. The number of hydrogen-bond acceptors (Lipinski definition) is 3. The van der Waals surface area contributed by atoms with E-state index in [1.54, 1.807) is 18.2 Å². The average Bonchev–Trinajstić information content (AvgIpc) is 2.70. The Morgan fingerprint density at radius 2 is 2.41 bits per heavy atom. The highest BCUT2D eigenvalue weighted by molar-refractivity contribution is 5.97. The van der Waals surface area contributed by atoms with Gasteiger partial charge in [0.2, 0.25) is 11.8 Å². The second kappa shape index (κ2) is 4.57. The van der Waals surface area contributed by atoms with Crippen LogP contribution in [0.5, 0.6) is 5.88 Å². The highest BCUT2D eigenvalue weighted by Crippen LogP contribution is 2.34. The monoisotopic (exact) mass is 232 g/mol. The molecule has 2 rings (SSSR count). The van der Waals surface area contributed by atoms with Gasteiger partial charge in [-0.1, -0.05) is 6.08 Å². The number of aryl methyl sites for hydroxylation is 1. The summed E-state index contributed by atoms with van der Waals surface area (Å²) >= 11 is 0. The SMILES string of the molecule is C=CC1CC(=O)N(c2c(C)ccnc2OC)C1. The first kappa shape index (κ1) is 11.6. The van der Waals surface area contributed by atoms with E-state index in [-0.39, 0.29) is 11.8 Å². The van der Waals surface area contributed by atoms with E-state index >= 15 is 0 Å². The van der Waals surface area contributed by atoms with Crippen molar-refractivity contribution in [3.63, 3.8) is 0 Å². The normalized spacial score (nSPS) is 19.5. The number of rotatable bonds is 3. The highest BCUT2D eigenvalue weighted by Gasteiger charge is 2.31. The third-order valence-corrected chi connectivity index (χ3v) is 3.04. The Hall–Kier alpha value is -1.84. The van der Waals surface area contributed by atoms with Crippen molar-refractivity contribution in [1.82, 2.24) is 4.98 Å². The van der Waals surface area contributed by atoms with Gasteiger partial charge in [-0.15, -0.1) is 6.58 Å². The van der Waals surface area contributed by atoms with Crippen LogP contribution in [0, 0.1) is 12.8 Å². The molecule has 90 valence electrons. The fraction of sp³-hybridized carbons (Fsp3) is 0.385. The molecule has 0 aromatic carbocycles. The lowest BCUT2D eigenvalue weighted by Crippen LogP contribution is -2.26. The minimum absolute atomic E-state index is 0.101. The summed E-state index contributed by atoms with van der Waals surface area (Å²) in [6.45, 7) is 6.35. The second-order valence-electron chi connectivity index (χ2n) is 4.19. The Bertz CT molecular complexity index is 457. The summed E-state index contributed by atoms with van der Waals surface area (Å²) in [4.78, 5) is 17.8. The summed E-state index contributed by atoms with van der Waals surface area (Å²) < 4.78 is 5.22. The molecule has 0 aliphatic carbocycles. The fourth-order valence-corrected chi connectivity index (χ4v) is 2.11. The van der Waals surface area contributed by atoms with Gasteiger partial charge in [0.15, 0.2) is 0 Å². The fourth-order valence-electron chi connectivity index (χ4n) is 2.11. The maximum atomic E-state index is 12.0. The molecule has 1 aliphatic rings. The Morgan fingerprint density at radius 3 is 3.00 bits per heavy atom. The van der Waals surface area contributed by atoms with Crippen molar-refractivity contribution in [2.45, 2.75) is 13.3 Å². The number of methoxy groups -OCH3 is 1. The second-order valence-corrected chi connectivity index (χ2v) is 4.19. The number of carbonyl (C=O) groups excluding carboxylic acids is 1. The molecule has 4 heteroatoms. The molecule has 0 saturated carbocycles. The molecule has 0 N–H and O–H groups in total. The zero-order chi connectivity index (χ0) is 12.4. The lowest BCUT2D eigenvalue weighted by molar-refractivity contribution is -0.117. The van der Waals surface area contributed by atoms with Crippen LogP contribution < -0.4 is 9.64 Å². The van der Waals surface area contributed by atoms with E-state index in [1.807, 2.05) is 19.1 Å². The Labute approximate surface area is 101 Å². The molecule has 1 atom stereocenters. The van der Waals surface area contributed by atoms with Crippen LogP contribution in [0.3, 0.4) is 0 Å². The molecule has 1 unspecified atom stereocenters. The molecule has 2 heterocycles. The van der Waals surface area contributed by atoms with Crippen LogP contribution in [0.1, 0.15) is 12.0 Å². The Morgan fingerprint density at radius 1 is 1.65 bits per heavy atom. The predicted octanol–water partition coefficient (Wildman–Crippen LogP) is 1.94. The average molecular weight is 232 g/mol. The van der Waals surface area contributed by atoms with Crippen LogP contribution in [0.15, 0.2) is 24.9 Å². The molecular formula is C13H16N2O2. The number of anilines is 1. The first-order valence-electron chi connectivity index (χ1n) is 5.60. The van der Waals surface area contributed by atoms with Gasteiger partial charge in [-0.05, 0) is 18.6 Å². The molecule has 1 saturated heterocycles. The summed E-state index contributed by atoms with van der Waals surface area (Å²) in [7, 11) is 1.57. The Kier molecular flexibility index (Phi) is 3.13. The number of ether oxygens (including phenoxy) is 1. The van der Waals surface area contributed by atoms with E-state index in [4.69, 9.17) is 4.74 Å². The van der Waals surface area contributed by atoms with E-state index in [0.717, 1.165) is 11.3 Å². The van der Waals surface area contributed by atoms with Crippen molar-refractivity contribution in [1.29, 1.82) is 0 Å². The number of pyridine rings is 1. The van der Waals surface area contributed by atoms with Crippen LogP contribution in [0.2, 0.25) is 0 Å². The predicted molar refractivity (Wildman–Crippen MR) is 66.2 cm³/mol. The van der Waals surface area contributed by atoms with Crippen LogP contribution in [0.25, 0.3) is 0 Å². The van der Waals surface area contributed by atoms with E-state index in [2.05, 4.69) is 11.6 Å². The number of hydrogen-bond donors (Lipinski definition) is 0. The number of nitrogens with zero attached hydrogens (tertiary/aromatic N) is 2. The summed E-state index contributed by atoms with van der Waals surface area (Å²) in [6.07, 6.45) is 4.03. The van der Waals surface area contributed by atoms with Crippen molar-refractivity contribution in [3.8, 4) is 5.88 Å². The van der Waals surface area contributed by atoms with Crippen LogP contribution in [-0.4, -0.2) is 24.5 Å². The molecule has 17 heavy (non-hydrogen) atoms. The van der Waals surface area contributed by atoms with E-state index < -0.39 is 0 Å². The van der Waals surface area contributed by atoms with Gasteiger partial charge < -0.3 is 9.64 Å². The molecule has 0 radical (unpaired) electrons. The van der Waals surface area contributed by atoms with Crippen molar-refractivity contribution in [2.24, 2.45) is 5.92 Å². The van der Waals surface area contributed by atoms with Gasteiger partial charge in [-0.25, -0.2) is 4.98 Å². The maximum absolute atomic E-state index is 12.0. The molecule has 1 aromatic rings. The van der Waals surface area contributed by atoms with Crippen LogP contribution >= 0.6 is 0 Å². The van der Waals surface area contributed by atoms with Crippen molar-refractivity contribution in [2.75, 3.05) is 18.6 Å². The van der Waals surface area contributed by atoms with Gasteiger partial charge in [0.05, 0.1) is 7.11 Å². The van der Waals surface area contributed by atoms with Crippen LogP contribution in [-0.2, 0) is 4.79 Å².